The Morgan fingerprint density at radius 3 is 2.48 bits per heavy atom. The van der Waals surface area contributed by atoms with Gasteiger partial charge in [0.2, 0.25) is 11.3 Å². The van der Waals surface area contributed by atoms with E-state index in [2.05, 4.69) is 20.6 Å². The molecule has 0 atom stereocenters. The molecule has 0 saturated heterocycles. The first kappa shape index (κ1) is 20.4. The number of benzene rings is 1. The number of anilines is 1. The smallest absolute Gasteiger partial charge is 0.309 e. The van der Waals surface area contributed by atoms with Crippen molar-refractivity contribution in [3.8, 4) is 0 Å². The summed E-state index contributed by atoms with van der Waals surface area (Å²) in [6, 6.07) is 5.77. The van der Waals surface area contributed by atoms with Gasteiger partial charge in [0.05, 0.1) is 23.2 Å². The lowest BCUT2D eigenvalue weighted by atomic mass is 10.1. The Balaban J connectivity index is 2.00. The first-order valence-electron chi connectivity index (χ1n) is 8.79. The van der Waals surface area contributed by atoms with Crippen molar-refractivity contribution < 1.29 is 18.0 Å². The average molecular weight is 405 g/mol. The minimum atomic E-state index is -4.54. The van der Waals surface area contributed by atoms with Crippen molar-refractivity contribution in [3.63, 3.8) is 0 Å². The molecule has 0 spiro atoms. The van der Waals surface area contributed by atoms with E-state index in [9.17, 15) is 22.8 Å². The summed E-state index contributed by atoms with van der Waals surface area (Å²) in [5.41, 5.74) is -0.783. The molecule has 3 aromatic rings. The molecule has 29 heavy (non-hydrogen) atoms. The van der Waals surface area contributed by atoms with Crippen LogP contribution in [-0.2, 0) is 17.4 Å². The van der Waals surface area contributed by atoms with Gasteiger partial charge in [-0.3, -0.25) is 14.3 Å². The Kier molecular flexibility index (Phi) is 5.36. The van der Waals surface area contributed by atoms with Crippen LogP contribution in [0.3, 0.4) is 0 Å². The number of rotatable bonds is 4. The lowest BCUT2D eigenvalue weighted by Gasteiger charge is -2.16. The molecule has 2 aromatic heterocycles. The van der Waals surface area contributed by atoms with Crippen LogP contribution in [0.5, 0.6) is 0 Å². The molecular formula is C19H18F3N5O2. The summed E-state index contributed by atoms with van der Waals surface area (Å²) in [5.74, 6) is -0.310. The molecule has 1 amide bonds. The highest BCUT2D eigenvalue weighted by molar-refractivity contribution is 5.91. The van der Waals surface area contributed by atoms with Crippen LogP contribution in [0.4, 0.5) is 19.0 Å². The summed E-state index contributed by atoms with van der Waals surface area (Å²) < 4.78 is 40.5. The number of alkyl halides is 3. The third-order valence-electron chi connectivity index (χ3n) is 4.19. The van der Waals surface area contributed by atoms with Gasteiger partial charge in [-0.25, -0.2) is 0 Å². The summed E-state index contributed by atoms with van der Waals surface area (Å²) >= 11 is 0. The van der Waals surface area contributed by atoms with E-state index < -0.39 is 23.1 Å². The largest absolute Gasteiger partial charge is 0.416 e. The first-order valence-corrected chi connectivity index (χ1v) is 8.79. The number of nitrogens with one attached hydrogen (secondary N) is 1. The highest BCUT2D eigenvalue weighted by atomic mass is 19.4. The van der Waals surface area contributed by atoms with Gasteiger partial charge in [0, 0.05) is 11.4 Å². The van der Waals surface area contributed by atoms with Crippen LogP contribution in [0.1, 0.15) is 36.8 Å². The molecule has 1 aromatic carbocycles. The standard InChI is InChI=1S/C19H18F3N5O2/c1-10(2)27-15-8-12(19(20,21)22)5-6-13(15)18(29)14(26-27)9-17(28)23-16-7-4-11(3)24-25-16/h4-8,10H,9H2,1-3H3,(H,23,25,28). The van der Waals surface area contributed by atoms with E-state index in [0.717, 1.165) is 18.2 Å². The van der Waals surface area contributed by atoms with Gasteiger partial charge in [-0.05, 0) is 51.1 Å². The summed E-state index contributed by atoms with van der Waals surface area (Å²) in [6.07, 6.45) is -4.89. The van der Waals surface area contributed by atoms with E-state index in [1.54, 1.807) is 32.9 Å². The zero-order chi connectivity index (χ0) is 21.3. The van der Waals surface area contributed by atoms with Crippen molar-refractivity contribution in [2.45, 2.75) is 39.4 Å². The number of halogens is 3. The molecular weight excluding hydrogens is 387 g/mol. The minimum absolute atomic E-state index is 0.0633. The quantitative estimate of drug-likeness (QED) is 0.720. The molecule has 10 heteroatoms. The third-order valence-corrected chi connectivity index (χ3v) is 4.19. The second-order valence-electron chi connectivity index (χ2n) is 6.83. The maximum Gasteiger partial charge on any atom is 0.416 e. The fourth-order valence-electron chi connectivity index (χ4n) is 2.79. The molecule has 2 heterocycles. The summed E-state index contributed by atoms with van der Waals surface area (Å²) in [5, 5.41) is 14.4. The van der Waals surface area contributed by atoms with Crippen molar-refractivity contribution in [1.29, 1.82) is 0 Å². The molecule has 152 valence electrons. The number of amides is 1. The predicted molar refractivity (Wildman–Crippen MR) is 100 cm³/mol. The number of nitrogens with zero attached hydrogens (tertiary/aromatic N) is 4. The van der Waals surface area contributed by atoms with Crippen molar-refractivity contribution in [1.82, 2.24) is 20.0 Å². The van der Waals surface area contributed by atoms with Crippen LogP contribution in [0.2, 0.25) is 0 Å². The lowest BCUT2D eigenvalue weighted by Crippen LogP contribution is -2.26. The Morgan fingerprint density at radius 2 is 1.90 bits per heavy atom. The van der Waals surface area contributed by atoms with Crippen molar-refractivity contribution in [3.05, 3.63) is 57.5 Å². The molecule has 0 aliphatic carbocycles. The Morgan fingerprint density at radius 1 is 1.17 bits per heavy atom. The van der Waals surface area contributed by atoms with Crippen LogP contribution in [0.25, 0.3) is 10.9 Å². The SMILES string of the molecule is Cc1ccc(NC(=O)Cc2nn(C(C)C)c3cc(C(F)(F)F)ccc3c2=O)nn1. The van der Waals surface area contributed by atoms with Gasteiger partial charge in [0.15, 0.2) is 5.82 Å². The maximum atomic E-state index is 13.1. The van der Waals surface area contributed by atoms with E-state index >= 15 is 0 Å². The second kappa shape index (κ2) is 7.61. The number of aromatic nitrogens is 4. The molecule has 0 unspecified atom stereocenters. The Bertz CT molecular complexity index is 1120. The fourth-order valence-corrected chi connectivity index (χ4v) is 2.79. The van der Waals surface area contributed by atoms with Crippen LogP contribution < -0.4 is 10.7 Å². The minimum Gasteiger partial charge on any atom is -0.309 e. The van der Waals surface area contributed by atoms with Crippen LogP contribution in [0.15, 0.2) is 35.1 Å². The third kappa shape index (κ3) is 4.41. The van der Waals surface area contributed by atoms with E-state index in [0.29, 0.717) is 5.69 Å². The Labute approximate surface area is 163 Å². The van der Waals surface area contributed by atoms with E-state index in [-0.39, 0.29) is 34.9 Å². The average Bonchev–Trinajstić information content (AvgIpc) is 2.64. The first-order chi connectivity index (χ1) is 13.6. The normalized spacial score (nSPS) is 11.8. The predicted octanol–water partition coefficient (Wildman–Crippen LogP) is 3.28. The lowest BCUT2D eigenvalue weighted by molar-refractivity contribution is -0.137. The molecule has 0 radical (unpaired) electrons. The highest BCUT2D eigenvalue weighted by Crippen LogP contribution is 2.31. The van der Waals surface area contributed by atoms with Crippen LogP contribution in [0, 0.1) is 6.92 Å². The van der Waals surface area contributed by atoms with Gasteiger partial charge in [0.25, 0.3) is 0 Å². The molecule has 0 bridgehead atoms. The molecule has 3 rings (SSSR count). The van der Waals surface area contributed by atoms with Crippen molar-refractivity contribution in [2.24, 2.45) is 0 Å². The fraction of sp³-hybridized carbons (Fsp3) is 0.316. The molecule has 0 aliphatic heterocycles. The van der Waals surface area contributed by atoms with Gasteiger partial charge in [-0.2, -0.15) is 23.4 Å². The summed E-state index contributed by atoms with van der Waals surface area (Å²) in [7, 11) is 0. The maximum absolute atomic E-state index is 13.1. The van der Waals surface area contributed by atoms with Crippen LogP contribution in [-0.4, -0.2) is 25.9 Å². The number of hydrogen-bond donors (Lipinski definition) is 1. The molecule has 7 nitrogen and oxygen atoms in total. The highest BCUT2D eigenvalue weighted by Gasteiger charge is 2.31. The number of fused-ring (bicyclic) bond motifs is 1. The monoisotopic (exact) mass is 405 g/mol. The van der Waals surface area contributed by atoms with Gasteiger partial charge in [-0.1, -0.05) is 0 Å². The van der Waals surface area contributed by atoms with E-state index in [4.69, 9.17) is 0 Å². The number of carbonyl (C=O) groups is 1. The molecule has 0 saturated carbocycles. The zero-order valence-electron chi connectivity index (χ0n) is 15.9. The zero-order valence-corrected chi connectivity index (χ0v) is 15.9. The Hall–Kier alpha value is -3.30. The van der Waals surface area contributed by atoms with E-state index in [1.807, 2.05) is 0 Å². The molecule has 1 N–H and O–H groups in total. The summed E-state index contributed by atoms with van der Waals surface area (Å²) in [6.45, 7) is 5.20. The van der Waals surface area contributed by atoms with Crippen molar-refractivity contribution in [2.75, 3.05) is 5.32 Å². The number of aryl methyl sites for hydroxylation is 1. The van der Waals surface area contributed by atoms with Gasteiger partial charge < -0.3 is 5.32 Å². The summed E-state index contributed by atoms with van der Waals surface area (Å²) in [4.78, 5) is 25.0. The van der Waals surface area contributed by atoms with Gasteiger partial charge in [-0.15, -0.1) is 5.10 Å². The second-order valence-corrected chi connectivity index (χ2v) is 6.83. The number of hydrogen-bond acceptors (Lipinski definition) is 5. The molecule has 0 aliphatic rings. The van der Waals surface area contributed by atoms with E-state index in [1.165, 1.54) is 4.68 Å². The van der Waals surface area contributed by atoms with Gasteiger partial charge in [0.1, 0.15) is 5.69 Å². The topological polar surface area (TPSA) is 89.8 Å². The van der Waals surface area contributed by atoms with Gasteiger partial charge >= 0.3 is 6.18 Å². The molecule has 0 fully saturated rings. The van der Waals surface area contributed by atoms with Crippen molar-refractivity contribution >= 4 is 22.6 Å². The number of carbonyl (C=O) groups excluding carboxylic acids is 1. The van der Waals surface area contributed by atoms with Crippen LogP contribution >= 0.6 is 0 Å².